The predicted molar refractivity (Wildman–Crippen MR) is 68.1 cm³/mol. The standard InChI is InChI=1S/C13H15F3N2O/c1-9-4-3-5-11(19-13(14,15)16)12(9)18-7-6-10(8-18)17-2/h3-5H,6-8H2,1-2H3. The van der Waals surface area contributed by atoms with E-state index in [0.29, 0.717) is 18.8 Å². The first kappa shape index (κ1) is 13.7. The third kappa shape index (κ3) is 3.19. The zero-order chi connectivity index (χ0) is 14.0. The molecule has 104 valence electrons. The number of hydrogen-bond acceptors (Lipinski definition) is 3. The molecule has 1 aliphatic rings. The second-order valence-electron chi connectivity index (χ2n) is 4.43. The van der Waals surface area contributed by atoms with Gasteiger partial charge in [0.05, 0.1) is 12.2 Å². The van der Waals surface area contributed by atoms with Crippen LogP contribution in [0.1, 0.15) is 12.0 Å². The molecule has 1 saturated heterocycles. The molecule has 0 saturated carbocycles. The maximum Gasteiger partial charge on any atom is 0.573 e. The average molecular weight is 272 g/mol. The number of benzene rings is 1. The first-order valence-electron chi connectivity index (χ1n) is 5.95. The van der Waals surface area contributed by atoms with Gasteiger partial charge in [-0.05, 0) is 18.6 Å². The lowest BCUT2D eigenvalue weighted by Gasteiger charge is -2.23. The van der Waals surface area contributed by atoms with Crippen LogP contribution in [0.4, 0.5) is 18.9 Å². The van der Waals surface area contributed by atoms with E-state index in [-0.39, 0.29) is 5.75 Å². The Balaban J connectivity index is 2.33. The highest BCUT2D eigenvalue weighted by atomic mass is 19.4. The summed E-state index contributed by atoms with van der Waals surface area (Å²) in [6, 6.07) is 4.68. The minimum atomic E-state index is -4.68. The van der Waals surface area contributed by atoms with Crippen LogP contribution in [-0.4, -0.2) is 32.2 Å². The third-order valence-corrected chi connectivity index (χ3v) is 3.10. The summed E-state index contributed by atoms with van der Waals surface area (Å²) in [6.45, 7) is 2.99. The molecule has 1 fully saturated rings. The van der Waals surface area contributed by atoms with E-state index in [1.54, 1.807) is 26.1 Å². The average Bonchev–Trinajstić information content (AvgIpc) is 2.75. The van der Waals surface area contributed by atoms with Crippen molar-refractivity contribution < 1.29 is 17.9 Å². The summed E-state index contributed by atoms with van der Waals surface area (Å²) in [4.78, 5) is 5.98. The molecule has 1 aromatic carbocycles. The minimum Gasteiger partial charge on any atom is -0.404 e. The van der Waals surface area contributed by atoms with Crippen LogP contribution in [0, 0.1) is 6.92 Å². The molecule has 1 aliphatic heterocycles. The second kappa shape index (κ2) is 5.11. The van der Waals surface area contributed by atoms with Crippen molar-refractivity contribution >= 4 is 11.4 Å². The zero-order valence-electron chi connectivity index (χ0n) is 10.8. The van der Waals surface area contributed by atoms with Gasteiger partial charge in [-0.15, -0.1) is 13.2 Å². The fourth-order valence-electron chi connectivity index (χ4n) is 2.26. The molecule has 2 rings (SSSR count). The minimum absolute atomic E-state index is 0.148. The molecule has 3 nitrogen and oxygen atoms in total. The van der Waals surface area contributed by atoms with Crippen molar-refractivity contribution in [2.24, 2.45) is 4.99 Å². The van der Waals surface area contributed by atoms with Crippen LogP contribution in [0.5, 0.6) is 5.75 Å². The number of para-hydroxylation sites is 1. The third-order valence-electron chi connectivity index (χ3n) is 3.10. The number of alkyl halides is 3. The summed E-state index contributed by atoms with van der Waals surface area (Å²) in [5.41, 5.74) is 2.25. The maximum absolute atomic E-state index is 12.4. The summed E-state index contributed by atoms with van der Waals surface area (Å²) >= 11 is 0. The SMILES string of the molecule is CN=C1CCN(c2c(C)cccc2OC(F)(F)F)C1. The van der Waals surface area contributed by atoms with E-state index >= 15 is 0 Å². The fourth-order valence-corrected chi connectivity index (χ4v) is 2.26. The molecule has 1 aromatic rings. The summed E-state index contributed by atoms with van der Waals surface area (Å²) in [7, 11) is 1.70. The van der Waals surface area contributed by atoms with Crippen molar-refractivity contribution in [3.05, 3.63) is 23.8 Å². The van der Waals surface area contributed by atoms with E-state index in [1.807, 2.05) is 4.90 Å². The van der Waals surface area contributed by atoms with Crippen LogP contribution < -0.4 is 9.64 Å². The van der Waals surface area contributed by atoms with Gasteiger partial charge in [0.1, 0.15) is 0 Å². The molecule has 0 spiro atoms. The van der Waals surface area contributed by atoms with Crippen molar-refractivity contribution in [1.82, 2.24) is 0 Å². The van der Waals surface area contributed by atoms with Gasteiger partial charge in [0.2, 0.25) is 0 Å². The molecule has 0 N–H and O–H groups in total. The number of nitrogens with zero attached hydrogens (tertiary/aromatic N) is 2. The molecule has 0 aliphatic carbocycles. The van der Waals surface area contributed by atoms with Crippen molar-refractivity contribution in [2.75, 3.05) is 25.0 Å². The van der Waals surface area contributed by atoms with E-state index in [1.165, 1.54) is 6.07 Å². The van der Waals surface area contributed by atoms with Crippen LogP contribution in [0.2, 0.25) is 0 Å². The summed E-state index contributed by atoms with van der Waals surface area (Å²) in [5, 5.41) is 0. The number of anilines is 1. The van der Waals surface area contributed by atoms with Crippen LogP contribution in [0.3, 0.4) is 0 Å². The van der Waals surface area contributed by atoms with Gasteiger partial charge < -0.3 is 9.64 Å². The molecule has 1 heterocycles. The maximum atomic E-state index is 12.4. The van der Waals surface area contributed by atoms with E-state index in [0.717, 1.165) is 17.7 Å². The van der Waals surface area contributed by atoms with Crippen LogP contribution in [0.25, 0.3) is 0 Å². The first-order chi connectivity index (χ1) is 8.90. The van der Waals surface area contributed by atoms with Gasteiger partial charge in [0.15, 0.2) is 5.75 Å². The van der Waals surface area contributed by atoms with Gasteiger partial charge >= 0.3 is 6.36 Å². The normalized spacial score (nSPS) is 18.2. The monoisotopic (exact) mass is 272 g/mol. The highest BCUT2D eigenvalue weighted by molar-refractivity contribution is 5.92. The molecule has 0 bridgehead atoms. The smallest absolute Gasteiger partial charge is 0.404 e. The van der Waals surface area contributed by atoms with Crippen molar-refractivity contribution in [1.29, 1.82) is 0 Å². The summed E-state index contributed by atoms with van der Waals surface area (Å²) in [6.07, 6.45) is -3.90. The topological polar surface area (TPSA) is 24.8 Å². The quantitative estimate of drug-likeness (QED) is 0.826. The Kier molecular flexibility index (Phi) is 3.68. The van der Waals surface area contributed by atoms with E-state index < -0.39 is 6.36 Å². The van der Waals surface area contributed by atoms with Gasteiger partial charge in [0, 0.05) is 25.7 Å². The van der Waals surface area contributed by atoms with E-state index in [4.69, 9.17) is 0 Å². The molecular weight excluding hydrogens is 257 g/mol. The highest BCUT2D eigenvalue weighted by Gasteiger charge is 2.33. The number of aliphatic imine (C=N–C) groups is 1. The molecule has 19 heavy (non-hydrogen) atoms. The molecule has 0 radical (unpaired) electrons. The van der Waals surface area contributed by atoms with Crippen molar-refractivity contribution in [3.8, 4) is 5.75 Å². The van der Waals surface area contributed by atoms with E-state index in [2.05, 4.69) is 9.73 Å². The summed E-state index contributed by atoms with van der Waals surface area (Å²) in [5.74, 6) is -0.148. The predicted octanol–water partition coefficient (Wildman–Crippen LogP) is 3.17. The molecule has 0 aromatic heterocycles. The number of hydrogen-bond donors (Lipinski definition) is 0. The zero-order valence-corrected chi connectivity index (χ0v) is 10.8. The highest BCUT2D eigenvalue weighted by Crippen LogP contribution is 2.36. The molecule has 0 amide bonds. The Morgan fingerprint density at radius 3 is 2.63 bits per heavy atom. The largest absolute Gasteiger partial charge is 0.573 e. The van der Waals surface area contributed by atoms with Gasteiger partial charge in [-0.1, -0.05) is 12.1 Å². The Morgan fingerprint density at radius 2 is 2.05 bits per heavy atom. The number of ether oxygens (including phenoxy) is 1. The lowest BCUT2D eigenvalue weighted by atomic mass is 10.1. The summed E-state index contributed by atoms with van der Waals surface area (Å²) < 4.78 is 41.4. The molecular formula is C13H15F3N2O. The van der Waals surface area contributed by atoms with Gasteiger partial charge in [-0.25, -0.2) is 0 Å². The second-order valence-corrected chi connectivity index (χ2v) is 4.43. The Hall–Kier alpha value is -1.72. The molecule has 0 atom stereocenters. The Morgan fingerprint density at radius 1 is 1.32 bits per heavy atom. The molecule has 0 unspecified atom stereocenters. The van der Waals surface area contributed by atoms with Gasteiger partial charge in [-0.3, -0.25) is 4.99 Å². The number of rotatable bonds is 2. The van der Waals surface area contributed by atoms with Crippen LogP contribution in [0.15, 0.2) is 23.2 Å². The Labute approximate surface area is 109 Å². The van der Waals surface area contributed by atoms with Crippen molar-refractivity contribution in [2.45, 2.75) is 19.7 Å². The molecule has 6 heteroatoms. The van der Waals surface area contributed by atoms with Crippen molar-refractivity contribution in [3.63, 3.8) is 0 Å². The fraction of sp³-hybridized carbons (Fsp3) is 0.462. The number of aryl methyl sites for hydroxylation is 1. The van der Waals surface area contributed by atoms with Crippen LogP contribution >= 0.6 is 0 Å². The Bertz CT molecular complexity index is 497. The van der Waals surface area contributed by atoms with Gasteiger partial charge in [-0.2, -0.15) is 0 Å². The lowest BCUT2D eigenvalue weighted by Crippen LogP contribution is -2.24. The van der Waals surface area contributed by atoms with Gasteiger partial charge in [0.25, 0.3) is 0 Å². The van der Waals surface area contributed by atoms with Crippen LogP contribution in [-0.2, 0) is 0 Å². The lowest BCUT2D eigenvalue weighted by molar-refractivity contribution is -0.274. The number of halogens is 3. The van der Waals surface area contributed by atoms with E-state index in [9.17, 15) is 13.2 Å². The first-order valence-corrected chi connectivity index (χ1v) is 5.95.